The highest BCUT2D eigenvalue weighted by Gasteiger charge is 2.26. The van der Waals surface area contributed by atoms with Crippen LogP contribution in [0.25, 0.3) is 0 Å². The van der Waals surface area contributed by atoms with Crippen LogP contribution >= 0.6 is 23.5 Å². The maximum absolute atomic E-state index is 12.4. The first-order chi connectivity index (χ1) is 11.1. The first kappa shape index (κ1) is 16.6. The van der Waals surface area contributed by atoms with Crippen LogP contribution in [0.4, 0.5) is 0 Å². The lowest BCUT2D eigenvalue weighted by Gasteiger charge is -2.29. The highest BCUT2D eigenvalue weighted by atomic mass is 32.2. The van der Waals surface area contributed by atoms with Crippen LogP contribution in [0.1, 0.15) is 28.8 Å². The third kappa shape index (κ3) is 4.18. The lowest BCUT2D eigenvalue weighted by Crippen LogP contribution is -2.25. The summed E-state index contributed by atoms with van der Waals surface area (Å²) >= 11 is 3.88. The van der Waals surface area contributed by atoms with Crippen molar-refractivity contribution in [1.82, 2.24) is 0 Å². The maximum atomic E-state index is 12.4. The van der Waals surface area contributed by atoms with Gasteiger partial charge in [0.15, 0.2) is 11.6 Å². The Morgan fingerprint density at radius 3 is 2.39 bits per heavy atom. The summed E-state index contributed by atoms with van der Waals surface area (Å²) in [7, 11) is 0. The molecule has 2 nitrogen and oxygen atoms in total. The van der Waals surface area contributed by atoms with Crippen molar-refractivity contribution < 1.29 is 9.59 Å². The third-order valence-corrected chi connectivity index (χ3v) is 7.07. The van der Waals surface area contributed by atoms with Gasteiger partial charge >= 0.3 is 0 Å². The molecule has 1 fully saturated rings. The molecule has 0 radical (unpaired) electrons. The van der Waals surface area contributed by atoms with Crippen LogP contribution in [0.3, 0.4) is 0 Å². The molecule has 120 valence electrons. The van der Waals surface area contributed by atoms with Crippen molar-refractivity contribution in [1.29, 1.82) is 0 Å². The maximum Gasteiger partial charge on any atom is 0.163 e. The Morgan fingerprint density at radius 1 is 1.00 bits per heavy atom. The Balaban J connectivity index is 1.57. The number of hydrogen-bond donors (Lipinski definition) is 0. The van der Waals surface area contributed by atoms with Crippen molar-refractivity contribution in [3.05, 3.63) is 59.2 Å². The van der Waals surface area contributed by atoms with Crippen molar-refractivity contribution in [2.45, 2.75) is 30.3 Å². The van der Waals surface area contributed by atoms with Gasteiger partial charge in [-0.3, -0.25) is 9.59 Å². The SMILES string of the molecule is Cc1ccc(C(=O)CCC(=O)C2=CC3SCCSC3C=C2)cc1. The summed E-state index contributed by atoms with van der Waals surface area (Å²) in [5.41, 5.74) is 2.60. The summed E-state index contributed by atoms with van der Waals surface area (Å²) in [5.74, 6) is 2.44. The van der Waals surface area contributed by atoms with Crippen molar-refractivity contribution in [2.75, 3.05) is 11.5 Å². The van der Waals surface area contributed by atoms with Crippen LogP contribution in [0.5, 0.6) is 0 Å². The number of benzene rings is 1. The lowest BCUT2D eigenvalue weighted by molar-refractivity contribution is -0.115. The number of Topliss-reactive ketones (excluding diaryl/α,β-unsaturated/α-hetero) is 2. The molecule has 0 spiro atoms. The molecule has 1 aromatic carbocycles. The number of carbonyl (C=O) groups excluding carboxylic acids is 2. The van der Waals surface area contributed by atoms with E-state index in [2.05, 4.69) is 12.2 Å². The summed E-state index contributed by atoms with van der Waals surface area (Å²) in [4.78, 5) is 24.5. The molecular weight excluding hydrogens is 324 g/mol. The minimum absolute atomic E-state index is 0.0409. The quantitative estimate of drug-likeness (QED) is 0.748. The van der Waals surface area contributed by atoms with Crippen LogP contribution in [0.2, 0.25) is 0 Å². The molecule has 1 heterocycles. The van der Waals surface area contributed by atoms with Gasteiger partial charge in [-0.05, 0) is 6.92 Å². The number of thioether (sulfide) groups is 2. The second-order valence-corrected chi connectivity index (χ2v) is 8.44. The van der Waals surface area contributed by atoms with Gasteiger partial charge in [-0.15, -0.1) is 0 Å². The van der Waals surface area contributed by atoms with Gasteiger partial charge in [0.2, 0.25) is 0 Å². The molecule has 0 saturated carbocycles. The molecule has 4 heteroatoms. The summed E-state index contributed by atoms with van der Waals surface area (Å²) in [6.07, 6.45) is 6.76. The monoisotopic (exact) mass is 344 g/mol. The van der Waals surface area contributed by atoms with E-state index in [-0.39, 0.29) is 24.4 Å². The molecule has 0 N–H and O–H groups in total. The van der Waals surface area contributed by atoms with Gasteiger partial charge in [0, 0.05) is 46.0 Å². The van der Waals surface area contributed by atoms with E-state index >= 15 is 0 Å². The highest BCUT2D eigenvalue weighted by molar-refractivity contribution is 8.07. The Hall–Kier alpha value is -1.26. The standard InChI is InChI=1S/C19H20O2S2/c1-13-2-4-14(5-3-13)16(20)7-8-17(21)15-6-9-18-19(12-15)23-11-10-22-18/h2-6,9,12,18-19H,7-8,10-11H2,1H3. The van der Waals surface area contributed by atoms with Crippen molar-refractivity contribution >= 4 is 35.1 Å². The Kier molecular flexibility index (Phi) is 5.44. The van der Waals surface area contributed by atoms with E-state index in [1.165, 1.54) is 5.75 Å². The normalized spacial score (nSPS) is 23.1. The van der Waals surface area contributed by atoms with Crippen molar-refractivity contribution in [3.63, 3.8) is 0 Å². The Morgan fingerprint density at radius 2 is 1.65 bits per heavy atom. The summed E-state index contributed by atoms with van der Waals surface area (Å²) in [6, 6.07) is 7.53. The predicted octanol–water partition coefficient (Wildman–Crippen LogP) is 4.24. The van der Waals surface area contributed by atoms with Gasteiger partial charge < -0.3 is 0 Å². The molecule has 0 bridgehead atoms. The minimum Gasteiger partial charge on any atom is -0.294 e. The molecule has 1 aromatic rings. The number of fused-ring (bicyclic) bond motifs is 1. The fraction of sp³-hybridized carbons (Fsp3) is 0.368. The van der Waals surface area contributed by atoms with Crippen LogP contribution < -0.4 is 0 Å². The summed E-state index contributed by atoms with van der Waals surface area (Å²) in [5, 5.41) is 0.907. The number of carbonyl (C=O) groups is 2. The second-order valence-electron chi connectivity index (χ2n) is 5.86. The molecule has 1 saturated heterocycles. The van der Waals surface area contributed by atoms with E-state index in [0.717, 1.165) is 16.9 Å². The minimum atomic E-state index is 0.0409. The average Bonchev–Trinajstić information content (AvgIpc) is 2.59. The molecule has 1 aliphatic heterocycles. The van der Waals surface area contributed by atoms with Crippen molar-refractivity contribution in [2.24, 2.45) is 0 Å². The smallest absolute Gasteiger partial charge is 0.163 e. The molecule has 2 atom stereocenters. The van der Waals surface area contributed by atoms with E-state index in [9.17, 15) is 9.59 Å². The molecule has 2 aliphatic rings. The molecule has 1 aliphatic carbocycles. The van der Waals surface area contributed by atoms with Gasteiger partial charge in [0.05, 0.1) is 0 Å². The van der Waals surface area contributed by atoms with E-state index in [1.54, 1.807) is 0 Å². The van der Waals surface area contributed by atoms with Gasteiger partial charge in [-0.2, -0.15) is 23.5 Å². The van der Waals surface area contributed by atoms with Gasteiger partial charge in [-0.1, -0.05) is 48.1 Å². The first-order valence-corrected chi connectivity index (χ1v) is 9.99. The number of allylic oxidation sites excluding steroid dienone is 2. The van der Waals surface area contributed by atoms with E-state index in [4.69, 9.17) is 0 Å². The molecule has 23 heavy (non-hydrogen) atoms. The van der Waals surface area contributed by atoms with Crippen molar-refractivity contribution in [3.8, 4) is 0 Å². The third-order valence-electron chi connectivity index (χ3n) is 4.11. The van der Waals surface area contributed by atoms with E-state index < -0.39 is 0 Å². The fourth-order valence-corrected chi connectivity index (χ4v) is 5.50. The summed E-state index contributed by atoms with van der Waals surface area (Å²) < 4.78 is 0. The Bertz CT molecular complexity index is 658. The largest absolute Gasteiger partial charge is 0.294 e. The number of aryl methyl sites for hydroxylation is 1. The fourth-order valence-electron chi connectivity index (χ4n) is 2.74. The zero-order valence-corrected chi connectivity index (χ0v) is 14.8. The summed E-state index contributed by atoms with van der Waals surface area (Å²) in [6.45, 7) is 1.99. The topological polar surface area (TPSA) is 34.1 Å². The second kappa shape index (κ2) is 7.54. The van der Waals surface area contributed by atoms with E-state index in [1.807, 2.05) is 60.8 Å². The van der Waals surface area contributed by atoms with Crippen LogP contribution in [0.15, 0.2) is 48.1 Å². The first-order valence-electron chi connectivity index (χ1n) is 7.90. The molecule has 0 amide bonds. The number of hydrogen-bond acceptors (Lipinski definition) is 4. The van der Waals surface area contributed by atoms with Crippen LogP contribution in [-0.2, 0) is 4.79 Å². The number of rotatable bonds is 5. The van der Waals surface area contributed by atoms with Gasteiger partial charge in [0.25, 0.3) is 0 Å². The van der Waals surface area contributed by atoms with Gasteiger partial charge in [0.1, 0.15) is 0 Å². The molecule has 3 rings (SSSR count). The highest BCUT2D eigenvalue weighted by Crippen LogP contribution is 2.36. The number of ketones is 2. The van der Waals surface area contributed by atoms with E-state index in [0.29, 0.717) is 16.1 Å². The molecule has 0 aromatic heterocycles. The molecular formula is C19H20O2S2. The van der Waals surface area contributed by atoms with Crippen LogP contribution in [-0.4, -0.2) is 33.6 Å². The Labute approximate surface area is 145 Å². The van der Waals surface area contributed by atoms with Gasteiger partial charge in [-0.25, -0.2) is 0 Å². The lowest BCUT2D eigenvalue weighted by atomic mass is 9.97. The average molecular weight is 345 g/mol. The predicted molar refractivity (Wildman–Crippen MR) is 99.5 cm³/mol. The molecule has 2 unspecified atom stereocenters. The zero-order valence-electron chi connectivity index (χ0n) is 13.2. The van der Waals surface area contributed by atoms with Crippen LogP contribution in [0, 0.1) is 6.92 Å². The zero-order chi connectivity index (χ0) is 16.2.